The van der Waals surface area contributed by atoms with E-state index in [0.29, 0.717) is 19.0 Å². The van der Waals surface area contributed by atoms with Crippen LogP contribution in [0.15, 0.2) is 0 Å². The van der Waals surface area contributed by atoms with Gasteiger partial charge >= 0.3 is 5.97 Å². The van der Waals surface area contributed by atoms with Crippen molar-refractivity contribution in [3.05, 3.63) is 0 Å². The first-order chi connectivity index (χ1) is 8.15. The van der Waals surface area contributed by atoms with Crippen molar-refractivity contribution in [1.29, 1.82) is 0 Å². The summed E-state index contributed by atoms with van der Waals surface area (Å²) in [6, 6.07) is 0. The van der Waals surface area contributed by atoms with Crippen molar-refractivity contribution in [3.8, 4) is 0 Å². The molecule has 0 bridgehead atoms. The quantitative estimate of drug-likeness (QED) is 0.622. The maximum atomic E-state index is 11.9. The van der Waals surface area contributed by atoms with Crippen molar-refractivity contribution < 1.29 is 23.4 Å². The van der Waals surface area contributed by atoms with Gasteiger partial charge in [-0.05, 0) is 25.7 Å². The van der Waals surface area contributed by atoms with E-state index in [1.165, 1.54) is 4.31 Å². The summed E-state index contributed by atoms with van der Waals surface area (Å²) < 4.78 is 27.2. The number of rotatable bonds is 5. The predicted octanol–water partition coefficient (Wildman–Crippen LogP) is -0.612. The zero-order valence-corrected chi connectivity index (χ0v) is 11.4. The molecule has 1 atom stereocenters. The average Bonchev–Trinajstić information content (AvgIpc) is 2.27. The minimum absolute atomic E-state index is 0.422. The van der Waals surface area contributed by atoms with Gasteiger partial charge in [0.25, 0.3) is 10.2 Å². The topological polar surface area (TPSA) is 107 Å². The van der Waals surface area contributed by atoms with E-state index >= 15 is 0 Å². The minimum atomic E-state index is -3.71. The van der Waals surface area contributed by atoms with E-state index in [9.17, 15) is 18.3 Å². The maximum absolute atomic E-state index is 11.9. The largest absolute Gasteiger partial charge is 0.479 e. The number of hydrogen-bond donors (Lipinski definition) is 3. The van der Waals surface area contributed by atoms with Crippen molar-refractivity contribution in [2.45, 2.75) is 32.3 Å². The normalized spacial score (nSPS) is 22.6. The Morgan fingerprint density at radius 1 is 1.44 bits per heavy atom. The molecule has 0 aromatic rings. The van der Waals surface area contributed by atoms with Gasteiger partial charge in [0.1, 0.15) is 0 Å². The Labute approximate surface area is 107 Å². The molecule has 1 aliphatic rings. The lowest BCUT2D eigenvalue weighted by Crippen LogP contribution is -2.51. The Morgan fingerprint density at radius 3 is 2.39 bits per heavy atom. The van der Waals surface area contributed by atoms with Crippen LogP contribution in [0.5, 0.6) is 0 Å². The highest BCUT2D eigenvalue weighted by Gasteiger charge is 2.33. The van der Waals surface area contributed by atoms with Crippen LogP contribution in [-0.4, -0.2) is 54.1 Å². The second kappa shape index (κ2) is 5.52. The number of carbonyl (C=O) groups is 1. The fourth-order valence-corrected chi connectivity index (χ4v) is 2.96. The van der Waals surface area contributed by atoms with Crippen molar-refractivity contribution in [2.24, 2.45) is 5.92 Å². The van der Waals surface area contributed by atoms with Gasteiger partial charge < -0.3 is 10.2 Å². The molecule has 8 heteroatoms. The summed E-state index contributed by atoms with van der Waals surface area (Å²) in [6.45, 7) is 3.41. The molecule has 0 radical (unpaired) electrons. The third-order valence-electron chi connectivity index (χ3n) is 3.14. The van der Waals surface area contributed by atoms with Gasteiger partial charge in [-0.1, -0.05) is 6.92 Å². The van der Waals surface area contributed by atoms with E-state index in [1.807, 2.05) is 0 Å². The number of carboxylic acids is 1. The van der Waals surface area contributed by atoms with Crippen LogP contribution < -0.4 is 4.72 Å². The fraction of sp³-hybridized carbons (Fsp3) is 0.900. The Morgan fingerprint density at radius 2 is 1.94 bits per heavy atom. The number of carboxylic acid groups (broad SMARTS) is 1. The molecule has 1 heterocycles. The van der Waals surface area contributed by atoms with Crippen LogP contribution in [0.2, 0.25) is 0 Å². The van der Waals surface area contributed by atoms with E-state index in [4.69, 9.17) is 5.11 Å². The van der Waals surface area contributed by atoms with E-state index < -0.39 is 28.3 Å². The van der Waals surface area contributed by atoms with Crippen LogP contribution in [0.25, 0.3) is 0 Å². The standard InChI is InChI=1S/C10H20N2O5S/c1-8-3-5-12(6-4-8)18(16,17)11-7-10(2,15)9(13)14/h8,11,15H,3-7H2,1-2H3,(H,13,14). The molecule has 0 saturated carbocycles. The maximum Gasteiger partial charge on any atom is 0.336 e. The minimum Gasteiger partial charge on any atom is -0.479 e. The van der Waals surface area contributed by atoms with Crippen LogP contribution >= 0.6 is 0 Å². The summed E-state index contributed by atoms with van der Waals surface area (Å²) in [5.74, 6) is -0.962. The molecule has 0 aliphatic carbocycles. The van der Waals surface area contributed by atoms with Crippen molar-refractivity contribution in [3.63, 3.8) is 0 Å². The lowest BCUT2D eigenvalue weighted by Gasteiger charge is -2.30. The summed E-state index contributed by atoms with van der Waals surface area (Å²) in [6.07, 6.45) is 1.58. The number of nitrogens with one attached hydrogen (secondary N) is 1. The van der Waals surface area contributed by atoms with Gasteiger partial charge in [0, 0.05) is 13.1 Å². The molecule has 1 saturated heterocycles. The number of hydrogen-bond acceptors (Lipinski definition) is 4. The Bertz CT molecular complexity index is 398. The van der Waals surface area contributed by atoms with Gasteiger partial charge in [-0.15, -0.1) is 0 Å². The van der Waals surface area contributed by atoms with Crippen molar-refractivity contribution in [1.82, 2.24) is 9.03 Å². The molecule has 106 valence electrons. The highest BCUT2D eigenvalue weighted by atomic mass is 32.2. The monoisotopic (exact) mass is 280 g/mol. The lowest BCUT2D eigenvalue weighted by molar-refractivity contribution is -0.155. The van der Waals surface area contributed by atoms with E-state index in [1.54, 1.807) is 0 Å². The number of aliphatic carboxylic acids is 1. The average molecular weight is 280 g/mol. The summed E-state index contributed by atoms with van der Waals surface area (Å²) in [4.78, 5) is 10.7. The molecule has 1 unspecified atom stereocenters. The first kappa shape index (κ1) is 15.4. The molecule has 0 aromatic heterocycles. The SMILES string of the molecule is CC1CCN(S(=O)(=O)NCC(C)(O)C(=O)O)CC1. The first-order valence-corrected chi connectivity index (χ1v) is 7.29. The summed E-state index contributed by atoms with van der Waals surface area (Å²) >= 11 is 0. The third-order valence-corrected chi connectivity index (χ3v) is 4.70. The van der Waals surface area contributed by atoms with Gasteiger partial charge in [-0.25, -0.2) is 4.79 Å². The third kappa shape index (κ3) is 3.91. The van der Waals surface area contributed by atoms with Crippen LogP contribution in [0.3, 0.4) is 0 Å². The van der Waals surface area contributed by atoms with Crippen LogP contribution in [0.4, 0.5) is 0 Å². The summed E-state index contributed by atoms with van der Waals surface area (Å²) in [7, 11) is -3.71. The molecule has 0 aromatic carbocycles. The van der Waals surface area contributed by atoms with Gasteiger partial charge in [0.15, 0.2) is 5.60 Å². The van der Waals surface area contributed by atoms with Crippen LogP contribution in [0.1, 0.15) is 26.7 Å². The second-order valence-electron chi connectivity index (χ2n) is 4.99. The molecule has 0 amide bonds. The lowest BCUT2D eigenvalue weighted by atomic mass is 10.0. The predicted molar refractivity (Wildman–Crippen MR) is 65.2 cm³/mol. The van der Waals surface area contributed by atoms with Gasteiger partial charge in [-0.2, -0.15) is 17.4 Å². The smallest absolute Gasteiger partial charge is 0.336 e. The summed E-state index contributed by atoms with van der Waals surface area (Å²) in [5, 5.41) is 18.1. The molecule has 1 aliphatic heterocycles. The van der Waals surface area contributed by atoms with E-state index in [2.05, 4.69) is 11.6 Å². The Kier molecular flexibility index (Phi) is 4.71. The van der Waals surface area contributed by atoms with Gasteiger partial charge in [0.05, 0.1) is 6.54 Å². The molecule has 1 fully saturated rings. The highest BCUT2D eigenvalue weighted by Crippen LogP contribution is 2.18. The fourth-order valence-electron chi connectivity index (χ4n) is 1.62. The molecule has 1 rings (SSSR count). The number of aliphatic hydroxyl groups is 1. The zero-order chi connectivity index (χ0) is 14.0. The number of piperidine rings is 1. The molecular weight excluding hydrogens is 260 g/mol. The molecule has 0 spiro atoms. The van der Waals surface area contributed by atoms with Crippen molar-refractivity contribution in [2.75, 3.05) is 19.6 Å². The molecule has 18 heavy (non-hydrogen) atoms. The van der Waals surface area contributed by atoms with Gasteiger partial charge in [-0.3, -0.25) is 0 Å². The first-order valence-electron chi connectivity index (χ1n) is 5.85. The Hall–Kier alpha value is -0.700. The Balaban J connectivity index is 2.58. The second-order valence-corrected chi connectivity index (χ2v) is 6.74. The zero-order valence-electron chi connectivity index (χ0n) is 10.6. The molecular formula is C10H20N2O5S. The number of nitrogens with zero attached hydrogens (tertiary/aromatic N) is 1. The molecule has 3 N–H and O–H groups in total. The van der Waals surface area contributed by atoms with E-state index in [0.717, 1.165) is 19.8 Å². The highest BCUT2D eigenvalue weighted by molar-refractivity contribution is 7.87. The van der Waals surface area contributed by atoms with Crippen LogP contribution in [0, 0.1) is 5.92 Å². The van der Waals surface area contributed by atoms with E-state index in [-0.39, 0.29) is 0 Å². The van der Waals surface area contributed by atoms with Crippen molar-refractivity contribution >= 4 is 16.2 Å². The van der Waals surface area contributed by atoms with Gasteiger partial charge in [0.2, 0.25) is 0 Å². The molecule has 7 nitrogen and oxygen atoms in total. The summed E-state index contributed by atoms with van der Waals surface area (Å²) in [5.41, 5.74) is -2.10. The van der Waals surface area contributed by atoms with Crippen LogP contribution in [-0.2, 0) is 15.0 Å².